The summed E-state index contributed by atoms with van der Waals surface area (Å²) in [5.74, 6) is -1.99. The molecule has 8 nitrogen and oxygen atoms in total. The van der Waals surface area contributed by atoms with E-state index in [4.69, 9.17) is 18.6 Å². The molecule has 1 heterocycles. The minimum Gasteiger partial charge on any atom is -0.502 e. The number of phenols is 1. The number of Topliss-reactive ketones (excluding diaryl/α,β-unsaturated/α-hetero) is 1. The average molecular weight is 358 g/mol. The Morgan fingerprint density at radius 2 is 1.77 bits per heavy atom. The maximum Gasteiger partial charge on any atom is 0.232 e. The molecule has 0 saturated heterocycles. The molecule has 2 aromatic rings. The average Bonchev–Trinajstić information content (AvgIpc) is 3.04. The molecule has 134 valence electrons. The molecule has 0 aliphatic heterocycles. The Morgan fingerprint density at radius 1 is 1.04 bits per heavy atom. The molecule has 0 radical (unpaired) electrons. The van der Waals surface area contributed by atoms with Gasteiger partial charge in [0.05, 0.1) is 38.0 Å². The number of hydrogen-bond acceptors (Lipinski definition) is 8. The number of furan rings is 1. The lowest BCUT2D eigenvalue weighted by Gasteiger charge is -2.12. The number of ether oxygens (including phenoxy) is 3. The number of aromatic hydroxyl groups is 1. The van der Waals surface area contributed by atoms with Gasteiger partial charge in [0.1, 0.15) is 5.76 Å². The normalized spacial score (nSPS) is 13.1. The van der Waals surface area contributed by atoms with Gasteiger partial charge in [-0.05, 0) is 12.1 Å². The number of allylic oxidation sites excluding steroid dienone is 2. The molecule has 0 amide bonds. The van der Waals surface area contributed by atoms with Crippen molar-refractivity contribution >= 4 is 17.9 Å². The predicted octanol–water partition coefficient (Wildman–Crippen LogP) is 2.39. The summed E-state index contributed by atoms with van der Waals surface area (Å²) in [6, 6.07) is 2.92. The van der Waals surface area contributed by atoms with Gasteiger partial charge in [-0.25, -0.2) is 0 Å². The Hall–Kier alpha value is -3.55. The summed E-state index contributed by atoms with van der Waals surface area (Å²) < 4.78 is 20.6. The van der Waals surface area contributed by atoms with Crippen LogP contribution in [0.2, 0.25) is 0 Å². The summed E-state index contributed by atoms with van der Waals surface area (Å²) in [6.45, 7) is 0. The van der Waals surface area contributed by atoms with E-state index in [0.717, 1.165) is 6.08 Å². The molecule has 26 heavy (non-hydrogen) atoms. The first-order chi connectivity index (χ1) is 12.5. The van der Waals surface area contributed by atoms with Gasteiger partial charge in [0.25, 0.3) is 0 Å². The summed E-state index contributed by atoms with van der Waals surface area (Å²) in [5, 5.41) is 10.2. The Labute approximate surface area is 147 Å². The second-order valence-electron chi connectivity index (χ2n) is 5.27. The van der Waals surface area contributed by atoms with Gasteiger partial charge in [-0.3, -0.25) is 14.4 Å². The molecule has 1 aromatic carbocycles. The van der Waals surface area contributed by atoms with E-state index >= 15 is 0 Å². The number of phenolic OH excluding ortho intramolecular Hbond substituents is 1. The molecule has 0 fully saturated rings. The van der Waals surface area contributed by atoms with Crippen LogP contribution in [0.25, 0.3) is 11.3 Å². The van der Waals surface area contributed by atoms with Gasteiger partial charge >= 0.3 is 0 Å². The standard InChI is InChI=1S/C18H14O8/c1-23-11-5-4-8(17(25-3)15(11)22)16-9(7-19)13-14(21)12(24-2)6-10(20)18(13)26-16/h4-7,22H,1-3H3. The van der Waals surface area contributed by atoms with Crippen molar-refractivity contribution in [1.29, 1.82) is 0 Å². The minimum atomic E-state index is -0.643. The summed E-state index contributed by atoms with van der Waals surface area (Å²) >= 11 is 0. The number of fused-ring (bicyclic) bond motifs is 1. The van der Waals surface area contributed by atoms with Crippen molar-refractivity contribution in [2.75, 3.05) is 21.3 Å². The lowest BCUT2D eigenvalue weighted by atomic mass is 9.95. The fourth-order valence-electron chi connectivity index (χ4n) is 2.78. The highest BCUT2D eigenvalue weighted by molar-refractivity contribution is 6.25. The van der Waals surface area contributed by atoms with Crippen LogP contribution in [0, 0.1) is 0 Å². The first-order valence-electron chi connectivity index (χ1n) is 7.39. The molecule has 1 aliphatic carbocycles. The number of rotatable bonds is 5. The van der Waals surface area contributed by atoms with Crippen LogP contribution in [0.15, 0.2) is 28.4 Å². The second-order valence-corrected chi connectivity index (χ2v) is 5.27. The maximum absolute atomic E-state index is 12.5. The van der Waals surface area contributed by atoms with Gasteiger partial charge in [0, 0.05) is 6.08 Å². The van der Waals surface area contributed by atoms with Crippen molar-refractivity contribution in [1.82, 2.24) is 0 Å². The Balaban J connectivity index is 2.29. The van der Waals surface area contributed by atoms with E-state index in [0.29, 0.717) is 6.29 Å². The topological polar surface area (TPSA) is 112 Å². The first-order valence-corrected chi connectivity index (χ1v) is 7.39. The molecule has 1 aromatic heterocycles. The number of ketones is 2. The van der Waals surface area contributed by atoms with Crippen LogP contribution in [0.1, 0.15) is 31.3 Å². The van der Waals surface area contributed by atoms with Gasteiger partial charge in [-0.15, -0.1) is 0 Å². The zero-order valence-corrected chi connectivity index (χ0v) is 14.1. The Kier molecular flexibility index (Phi) is 4.25. The van der Waals surface area contributed by atoms with Crippen LogP contribution >= 0.6 is 0 Å². The fraction of sp³-hybridized carbons (Fsp3) is 0.167. The lowest BCUT2D eigenvalue weighted by Crippen LogP contribution is -2.17. The zero-order valence-electron chi connectivity index (χ0n) is 14.1. The van der Waals surface area contributed by atoms with E-state index in [1.54, 1.807) is 0 Å². The lowest BCUT2D eigenvalue weighted by molar-refractivity contribution is 0.0903. The van der Waals surface area contributed by atoms with Gasteiger partial charge < -0.3 is 23.7 Å². The molecule has 1 aliphatic rings. The third-order valence-electron chi connectivity index (χ3n) is 3.98. The SMILES string of the molecule is COC1=CC(=O)c2oc(-c3ccc(OC)c(O)c3OC)c(C=O)c2C1=O. The number of carbonyl (C=O) groups is 3. The second kappa shape index (κ2) is 6.40. The van der Waals surface area contributed by atoms with Crippen molar-refractivity contribution in [2.24, 2.45) is 0 Å². The molecule has 3 rings (SSSR count). The van der Waals surface area contributed by atoms with Crippen molar-refractivity contribution in [2.45, 2.75) is 0 Å². The maximum atomic E-state index is 12.5. The third kappa shape index (κ3) is 2.34. The molecule has 0 bridgehead atoms. The summed E-state index contributed by atoms with van der Waals surface area (Å²) in [4.78, 5) is 36.4. The number of aldehydes is 1. The number of hydrogen-bond donors (Lipinski definition) is 1. The van der Waals surface area contributed by atoms with Crippen molar-refractivity contribution in [3.8, 4) is 28.6 Å². The summed E-state index contributed by atoms with van der Waals surface area (Å²) in [6.07, 6.45) is 1.40. The van der Waals surface area contributed by atoms with E-state index in [1.165, 1.54) is 33.5 Å². The minimum absolute atomic E-state index is 0.0293. The number of benzene rings is 1. The van der Waals surface area contributed by atoms with E-state index < -0.39 is 11.6 Å². The van der Waals surface area contributed by atoms with Crippen LogP contribution in [-0.4, -0.2) is 44.3 Å². The van der Waals surface area contributed by atoms with Crippen LogP contribution in [0.4, 0.5) is 0 Å². The van der Waals surface area contributed by atoms with Gasteiger partial charge in [-0.2, -0.15) is 0 Å². The quantitative estimate of drug-likeness (QED) is 0.811. The van der Waals surface area contributed by atoms with Gasteiger partial charge in [-0.1, -0.05) is 0 Å². The molecule has 1 N–H and O–H groups in total. The molecular formula is C18H14O8. The van der Waals surface area contributed by atoms with Crippen molar-refractivity contribution < 1.29 is 38.1 Å². The highest BCUT2D eigenvalue weighted by atomic mass is 16.5. The highest BCUT2D eigenvalue weighted by Crippen LogP contribution is 2.46. The molecule has 8 heteroatoms. The summed E-state index contributed by atoms with van der Waals surface area (Å²) in [5.41, 5.74) is -0.137. The number of methoxy groups -OCH3 is 3. The van der Waals surface area contributed by atoms with Crippen LogP contribution < -0.4 is 9.47 Å². The zero-order chi connectivity index (χ0) is 19.0. The summed E-state index contributed by atoms with van der Waals surface area (Å²) in [7, 11) is 3.92. The number of carbonyl (C=O) groups excluding carboxylic acids is 3. The highest BCUT2D eigenvalue weighted by Gasteiger charge is 2.36. The third-order valence-corrected chi connectivity index (χ3v) is 3.98. The smallest absolute Gasteiger partial charge is 0.232 e. The molecule has 0 unspecified atom stereocenters. The van der Waals surface area contributed by atoms with Gasteiger partial charge in [0.15, 0.2) is 29.3 Å². The van der Waals surface area contributed by atoms with Gasteiger partial charge in [0.2, 0.25) is 17.3 Å². The van der Waals surface area contributed by atoms with Crippen LogP contribution in [-0.2, 0) is 4.74 Å². The molecule has 0 spiro atoms. The van der Waals surface area contributed by atoms with E-state index in [2.05, 4.69) is 0 Å². The monoisotopic (exact) mass is 358 g/mol. The molecule has 0 saturated carbocycles. The molecular weight excluding hydrogens is 344 g/mol. The Morgan fingerprint density at radius 3 is 2.35 bits per heavy atom. The predicted molar refractivity (Wildman–Crippen MR) is 88.1 cm³/mol. The van der Waals surface area contributed by atoms with E-state index in [1.807, 2.05) is 0 Å². The van der Waals surface area contributed by atoms with Crippen molar-refractivity contribution in [3.63, 3.8) is 0 Å². The van der Waals surface area contributed by atoms with Crippen molar-refractivity contribution in [3.05, 3.63) is 40.9 Å². The largest absolute Gasteiger partial charge is 0.502 e. The van der Waals surface area contributed by atoms with Crippen LogP contribution in [0.5, 0.6) is 17.2 Å². The Bertz CT molecular complexity index is 964. The van der Waals surface area contributed by atoms with Crippen LogP contribution in [0.3, 0.4) is 0 Å². The van der Waals surface area contributed by atoms with E-state index in [-0.39, 0.29) is 51.2 Å². The fourth-order valence-corrected chi connectivity index (χ4v) is 2.78. The van der Waals surface area contributed by atoms with E-state index in [9.17, 15) is 19.5 Å². The first kappa shape index (κ1) is 17.3. The molecule has 0 atom stereocenters.